The Hall–Kier alpha value is -1.30. The zero-order valence-corrected chi connectivity index (χ0v) is 11.4. The maximum absolute atomic E-state index is 13.1. The minimum Gasteiger partial charge on any atom is -0.383 e. The molecule has 4 nitrogen and oxygen atoms in total. The number of halogens is 1. The number of carbonyl (C=O) groups is 1. The lowest BCUT2D eigenvalue weighted by Crippen LogP contribution is -2.35. The quantitative estimate of drug-likeness (QED) is 0.638. The summed E-state index contributed by atoms with van der Waals surface area (Å²) in [6.07, 6.45) is 0. The van der Waals surface area contributed by atoms with Gasteiger partial charge in [0.25, 0.3) is 0 Å². The molecule has 1 rings (SSSR count). The summed E-state index contributed by atoms with van der Waals surface area (Å²) in [6.45, 7) is 2.60. The third-order valence-corrected chi connectivity index (χ3v) is 2.74. The number of rotatable bonds is 9. The van der Waals surface area contributed by atoms with Crippen molar-refractivity contribution in [2.24, 2.45) is 0 Å². The number of nitrogens with zero attached hydrogens (tertiary/aromatic N) is 1. The topological polar surface area (TPSA) is 38.8 Å². The molecule has 1 aromatic carbocycles. The highest BCUT2D eigenvalue weighted by Crippen LogP contribution is 2.05. The Kier molecular flexibility index (Phi) is 7.25. The second kappa shape index (κ2) is 8.74. The van der Waals surface area contributed by atoms with E-state index in [1.807, 2.05) is 4.90 Å². The Morgan fingerprint density at radius 2 is 1.84 bits per heavy atom. The Bertz CT molecular complexity index is 390. The van der Waals surface area contributed by atoms with Crippen LogP contribution in [0.5, 0.6) is 0 Å². The molecule has 0 saturated heterocycles. The first-order chi connectivity index (χ1) is 9.17. The lowest BCUT2D eigenvalue weighted by Gasteiger charge is -2.20. The Morgan fingerprint density at radius 1 is 1.21 bits per heavy atom. The minimum absolute atomic E-state index is 0.105. The van der Waals surface area contributed by atoms with Gasteiger partial charge in [-0.25, -0.2) is 4.39 Å². The van der Waals surface area contributed by atoms with E-state index in [1.165, 1.54) is 18.2 Å². The predicted octanol–water partition coefficient (Wildman–Crippen LogP) is 1.60. The molecular weight excluding hydrogens is 249 g/mol. The molecule has 0 N–H and O–H groups in total. The average molecular weight is 269 g/mol. The molecule has 0 aromatic heterocycles. The third kappa shape index (κ3) is 5.92. The molecule has 0 aliphatic carbocycles. The van der Waals surface area contributed by atoms with Crippen LogP contribution in [0.15, 0.2) is 24.3 Å². The van der Waals surface area contributed by atoms with Gasteiger partial charge in [0.1, 0.15) is 5.82 Å². The zero-order chi connectivity index (χ0) is 14.1. The van der Waals surface area contributed by atoms with Crippen LogP contribution in [0.3, 0.4) is 0 Å². The maximum Gasteiger partial charge on any atom is 0.176 e. The fraction of sp³-hybridized carbons (Fsp3) is 0.500. The molecular formula is C14H20FNO3. The summed E-state index contributed by atoms with van der Waals surface area (Å²) in [7, 11) is 3.23. The summed E-state index contributed by atoms with van der Waals surface area (Å²) in [6, 6.07) is 5.74. The highest BCUT2D eigenvalue weighted by molar-refractivity contribution is 5.97. The van der Waals surface area contributed by atoms with E-state index in [4.69, 9.17) is 9.47 Å². The molecule has 0 saturated carbocycles. The van der Waals surface area contributed by atoms with E-state index >= 15 is 0 Å². The lowest BCUT2D eigenvalue weighted by molar-refractivity contribution is 0.0836. The average Bonchev–Trinajstić information content (AvgIpc) is 2.41. The van der Waals surface area contributed by atoms with Crippen LogP contribution in [0.1, 0.15) is 10.4 Å². The fourth-order valence-electron chi connectivity index (χ4n) is 1.67. The van der Waals surface area contributed by atoms with Crippen molar-refractivity contribution < 1.29 is 18.7 Å². The van der Waals surface area contributed by atoms with Crippen LogP contribution in [-0.4, -0.2) is 57.8 Å². The molecule has 0 spiro atoms. The monoisotopic (exact) mass is 269 g/mol. The van der Waals surface area contributed by atoms with Gasteiger partial charge in [-0.15, -0.1) is 0 Å². The molecule has 5 heteroatoms. The summed E-state index contributed by atoms with van der Waals surface area (Å²) in [5, 5.41) is 0. The number of benzene rings is 1. The van der Waals surface area contributed by atoms with Gasteiger partial charge in [0.15, 0.2) is 5.78 Å². The Morgan fingerprint density at radius 3 is 2.37 bits per heavy atom. The summed E-state index contributed by atoms with van der Waals surface area (Å²) in [5.41, 5.74) is 0.389. The van der Waals surface area contributed by atoms with E-state index in [0.717, 1.165) is 0 Å². The molecule has 0 fully saturated rings. The second-order valence-corrected chi connectivity index (χ2v) is 4.20. The maximum atomic E-state index is 13.1. The third-order valence-electron chi connectivity index (χ3n) is 2.74. The number of ketones is 1. The molecule has 106 valence electrons. The molecule has 0 amide bonds. The normalized spacial score (nSPS) is 10.9. The van der Waals surface area contributed by atoms with Gasteiger partial charge in [0, 0.05) is 32.9 Å². The van der Waals surface area contributed by atoms with Crippen molar-refractivity contribution in [1.29, 1.82) is 0 Å². The molecule has 1 aromatic rings. The van der Waals surface area contributed by atoms with Gasteiger partial charge in [0.2, 0.25) is 0 Å². The van der Waals surface area contributed by atoms with E-state index in [1.54, 1.807) is 20.3 Å². The standard InChI is InChI=1S/C14H20FNO3/c1-18-8-6-16(7-9-19-2)11-14(17)12-4-3-5-13(15)10-12/h3-5,10H,6-9,11H2,1-2H3. The van der Waals surface area contributed by atoms with Crippen LogP contribution in [0, 0.1) is 5.82 Å². The molecule has 0 radical (unpaired) electrons. The number of hydrogen-bond acceptors (Lipinski definition) is 4. The van der Waals surface area contributed by atoms with Crippen molar-refractivity contribution in [3.63, 3.8) is 0 Å². The van der Waals surface area contributed by atoms with Gasteiger partial charge in [0.05, 0.1) is 19.8 Å². The van der Waals surface area contributed by atoms with E-state index in [0.29, 0.717) is 31.9 Å². The highest BCUT2D eigenvalue weighted by Gasteiger charge is 2.12. The lowest BCUT2D eigenvalue weighted by atomic mass is 10.1. The van der Waals surface area contributed by atoms with E-state index in [2.05, 4.69) is 0 Å². The number of hydrogen-bond donors (Lipinski definition) is 0. The molecule has 0 aliphatic rings. The van der Waals surface area contributed by atoms with Crippen molar-refractivity contribution in [2.75, 3.05) is 47.1 Å². The molecule has 0 heterocycles. The van der Waals surface area contributed by atoms with E-state index in [-0.39, 0.29) is 12.3 Å². The summed E-state index contributed by atoms with van der Waals surface area (Å²) in [5.74, 6) is -0.502. The van der Waals surface area contributed by atoms with Crippen LogP contribution in [0.2, 0.25) is 0 Å². The first-order valence-corrected chi connectivity index (χ1v) is 6.16. The Labute approximate surface area is 113 Å². The van der Waals surface area contributed by atoms with Crippen molar-refractivity contribution in [3.8, 4) is 0 Å². The summed E-state index contributed by atoms with van der Waals surface area (Å²) < 4.78 is 23.1. The van der Waals surface area contributed by atoms with Crippen LogP contribution in [-0.2, 0) is 9.47 Å². The van der Waals surface area contributed by atoms with Crippen molar-refractivity contribution in [1.82, 2.24) is 4.90 Å². The van der Waals surface area contributed by atoms with Crippen molar-refractivity contribution in [2.45, 2.75) is 0 Å². The van der Waals surface area contributed by atoms with Crippen LogP contribution in [0.25, 0.3) is 0 Å². The van der Waals surface area contributed by atoms with Gasteiger partial charge in [-0.2, -0.15) is 0 Å². The van der Waals surface area contributed by atoms with Gasteiger partial charge in [-0.05, 0) is 12.1 Å². The smallest absolute Gasteiger partial charge is 0.176 e. The SMILES string of the molecule is COCCN(CCOC)CC(=O)c1cccc(F)c1. The van der Waals surface area contributed by atoms with E-state index in [9.17, 15) is 9.18 Å². The Balaban J connectivity index is 2.58. The zero-order valence-electron chi connectivity index (χ0n) is 11.4. The highest BCUT2D eigenvalue weighted by atomic mass is 19.1. The summed E-state index contributed by atoms with van der Waals surface area (Å²) >= 11 is 0. The second-order valence-electron chi connectivity index (χ2n) is 4.20. The van der Waals surface area contributed by atoms with Crippen molar-refractivity contribution in [3.05, 3.63) is 35.6 Å². The predicted molar refractivity (Wildman–Crippen MR) is 70.9 cm³/mol. The fourth-order valence-corrected chi connectivity index (χ4v) is 1.67. The van der Waals surface area contributed by atoms with E-state index < -0.39 is 5.82 Å². The minimum atomic E-state index is -0.397. The molecule has 0 atom stereocenters. The number of methoxy groups -OCH3 is 2. The first-order valence-electron chi connectivity index (χ1n) is 6.16. The molecule has 19 heavy (non-hydrogen) atoms. The number of carbonyl (C=O) groups excluding carboxylic acids is 1. The largest absolute Gasteiger partial charge is 0.383 e. The van der Waals surface area contributed by atoms with Gasteiger partial charge in [-0.1, -0.05) is 12.1 Å². The van der Waals surface area contributed by atoms with Crippen LogP contribution < -0.4 is 0 Å². The van der Waals surface area contributed by atoms with Crippen molar-refractivity contribution >= 4 is 5.78 Å². The number of Topliss-reactive ketones (excluding diaryl/α,β-unsaturated/α-hetero) is 1. The van der Waals surface area contributed by atoms with Gasteiger partial charge >= 0.3 is 0 Å². The van der Waals surface area contributed by atoms with Gasteiger partial charge in [-0.3, -0.25) is 9.69 Å². The van der Waals surface area contributed by atoms with Gasteiger partial charge < -0.3 is 9.47 Å². The molecule has 0 bridgehead atoms. The first kappa shape index (κ1) is 15.8. The number of ether oxygens (including phenoxy) is 2. The molecule has 0 aliphatic heterocycles. The summed E-state index contributed by atoms with van der Waals surface area (Å²) in [4.78, 5) is 14.0. The van der Waals surface area contributed by atoms with Crippen LogP contribution in [0.4, 0.5) is 4.39 Å². The molecule has 0 unspecified atom stereocenters. The van der Waals surface area contributed by atoms with Crippen LogP contribution >= 0.6 is 0 Å².